The van der Waals surface area contributed by atoms with Crippen LogP contribution >= 0.6 is 35.3 Å². The minimum atomic E-state index is 0. The first kappa shape index (κ1) is 24.1. The molecule has 1 fully saturated rings. The molecule has 5 nitrogen and oxygen atoms in total. The molecule has 1 atom stereocenters. The maximum Gasteiger partial charge on any atom is 0.191 e. The van der Waals surface area contributed by atoms with E-state index in [1.165, 1.54) is 30.8 Å². The lowest BCUT2D eigenvalue weighted by Crippen LogP contribution is -2.40. The smallest absolute Gasteiger partial charge is 0.191 e. The highest BCUT2D eigenvalue weighted by Gasteiger charge is 2.22. The zero-order valence-electron chi connectivity index (χ0n) is 17.7. The van der Waals surface area contributed by atoms with Gasteiger partial charge in [0, 0.05) is 32.1 Å². The third-order valence-electron chi connectivity index (χ3n) is 5.28. The molecule has 2 aromatic rings. The van der Waals surface area contributed by atoms with Crippen molar-refractivity contribution in [2.45, 2.75) is 39.2 Å². The Morgan fingerprint density at radius 3 is 2.76 bits per heavy atom. The van der Waals surface area contributed by atoms with Crippen molar-refractivity contribution in [2.24, 2.45) is 10.9 Å². The Labute approximate surface area is 196 Å². The Kier molecular flexibility index (Phi) is 10.4. The van der Waals surface area contributed by atoms with Crippen molar-refractivity contribution in [3.05, 3.63) is 52.0 Å². The Balaban J connectivity index is 0.00000300. The van der Waals surface area contributed by atoms with Gasteiger partial charge in [-0.05, 0) is 36.8 Å². The molecule has 1 saturated heterocycles. The molecule has 0 bridgehead atoms. The van der Waals surface area contributed by atoms with Crippen molar-refractivity contribution in [3.63, 3.8) is 0 Å². The summed E-state index contributed by atoms with van der Waals surface area (Å²) in [5.41, 5.74) is 2.60. The van der Waals surface area contributed by atoms with Gasteiger partial charge in [0.05, 0.1) is 12.2 Å². The Morgan fingerprint density at radius 1 is 1.28 bits per heavy atom. The van der Waals surface area contributed by atoms with Gasteiger partial charge in [-0.15, -0.1) is 35.3 Å². The third kappa shape index (κ3) is 7.86. The van der Waals surface area contributed by atoms with Crippen molar-refractivity contribution in [2.75, 3.05) is 33.2 Å². The lowest BCUT2D eigenvalue weighted by molar-refractivity contribution is 0.328. The van der Waals surface area contributed by atoms with Crippen LogP contribution in [0.5, 0.6) is 0 Å². The standard InChI is InChI=1S/C22H33N5S.HI/c1-17(2)20-16-28-21(26-20)14-25-22(23-3)24-13-19-10-12-27(15-19)11-9-18-7-5-4-6-8-18;/h4-8,16-17,19H,9-15H2,1-3H3,(H2,23,24,25);1H. The monoisotopic (exact) mass is 527 g/mol. The number of aliphatic imine (C=N–C) groups is 1. The molecule has 29 heavy (non-hydrogen) atoms. The van der Waals surface area contributed by atoms with E-state index in [0.29, 0.717) is 11.8 Å². The molecule has 0 aliphatic carbocycles. The van der Waals surface area contributed by atoms with E-state index in [4.69, 9.17) is 0 Å². The molecular weight excluding hydrogens is 493 g/mol. The van der Waals surface area contributed by atoms with E-state index in [-0.39, 0.29) is 24.0 Å². The first-order valence-electron chi connectivity index (χ1n) is 10.3. The summed E-state index contributed by atoms with van der Waals surface area (Å²) in [6, 6.07) is 10.8. The van der Waals surface area contributed by atoms with Crippen LogP contribution in [-0.4, -0.2) is 49.1 Å². The van der Waals surface area contributed by atoms with Crippen molar-refractivity contribution in [1.82, 2.24) is 20.5 Å². The lowest BCUT2D eigenvalue weighted by Gasteiger charge is -2.17. The van der Waals surface area contributed by atoms with Gasteiger partial charge in [0.15, 0.2) is 5.96 Å². The number of nitrogens with one attached hydrogen (secondary N) is 2. The van der Waals surface area contributed by atoms with Gasteiger partial charge in [-0.2, -0.15) is 0 Å². The quantitative estimate of drug-likeness (QED) is 0.308. The van der Waals surface area contributed by atoms with Gasteiger partial charge in [0.2, 0.25) is 0 Å². The van der Waals surface area contributed by atoms with Crippen LogP contribution in [0.3, 0.4) is 0 Å². The first-order valence-corrected chi connectivity index (χ1v) is 11.2. The summed E-state index contributed by atoms with van der Waals surface area (Å²) >= 11 is 1.71. The van der Waals surface area contributed by atoms with Crippen LogP contribution in [0.4, 0.5) is 0 Å². The van der Waals surface area contributed by atoms with Crippen LogP contribution in [-0.2, 0) is 13.0 Å². The molecule has 2 heterocycles. The second-order valence-electron chi connectivity index (χ2n) is 7.82. The number of hydrogen-bond acceptors (Lipinski definition) is 4. The van der Waals surface area contributed by atoms with E-state index < -0.39 is 0 Å². The van der Waals surface area contributed by atoms with Crippen molar-refractivity contribution in [3.8, 4) is 0 Å². The fraction of sp³-hybridized carbons (Fsp3) is 0.545. The highest BCUT2D eigenvalue weighted by Crippen LogP contribution is 2.18. The summed E-state index contributed by atoms with van der Waals surface area (Å²) in [6.45, 7) is 9.57. The summed E-state index contributed by atoms with van der Waals surface area (Å²) in [5.74, 6) is 2.03. The SMILES string of the molecule is CN=C(NCc1nc(C(C)C)cs1)NCC1CCN(CCc2ccccc2)C1.I. The summed E-state index contributed by atoms with van der Waals surface area (Å²) in [4.78, 5) is 11.6. The third-order valence-corrected chi connectivity index (χ3v) is 6.15. The van der Waals surface area contributed by atoms with E-state index >= 15 is 0 Å². The molecule has 0 saturated carbocycles. The predicted octanol–water partition coefficient (Wildman–Crippen LogP) is 4.11. The van der Waals surface area contributed by atoms with E-state index in [1.54, 1.807) is 11.3 Å². The highest BCUT2D eigenvalue weighted by atomic mass is 127. The molecule has 1 unspecified atom stereocenters. The van der Waals surface area contributed by atoms with E-state index in [2.05, 4.69) is 75.1 Å². The second-order valence-corrected chi connectivity index (χ2v) is 8.76. The fourth-order valence-corrected chi connectivity index (χ4v) is 4.40. The molecule has 0 amide bonds. The molecular formula is C22H34IN5S. The number of likely N-dealkylation sites (tertiary alicyclic amines) is 1. The Hall–Kier alpha value is -1.19. The minimum absolute atomic E-state index is 0. The van der Waals surface area contributed by atoms with Crippen LogP contribution in [0.15, 0.2) is 40.7 Å². The summed E-state index contributed by atoms with van der Waals surface area (Å²) < 4.78 is 0. The average molecular weight is 528 g/mol. The average Bonchev–Trinajstić information content (AvgIpc) is 3.37. The van der Waals surface area contributed by atoms with E-state index in [0.717, 1.165) is 37.0 Å². The number of aromatic nitrogens is 1. The van der Waals surface area contributed by atoms with Crippen LogP contribution in [0.2, 0.25) is 0 Å². The van der Waals surface area contributed by atoms with Gasteiger partial charge in [-0.3, -0.25) is 4.99 Å². The maximum atomic E-state index is 4.68. The zero-order valence-corrected chi connectivity index (χ0v) is 20.9. The molecule has 0 spiro atoms. The summed E-state index contributed by atoms with van der Waals surface area (Å²) in [5, 5.41) is 10.2. The largest absolute Gasteiger partial charge is 0.356 e. The molecule has 160 valence electrons. The normalized spacial score (nSPS) is 17.4. The number of nitrogens with zero attached hydrogens (tertiary/aromatic N) is 3. The molecule has 1 aromatic heterocycles. The number of benzene rings is 1. The van der Waals surface area contributed by atoms with Crippen LogP contribution in [0.1, 0.15) is 42.5 Å². The number of hydrogen-bond donors (Lipinski definition) is 2. The molecule has 3 rings (SSSR count). The number of thiazole rings is 1. The van der Waals surface area contributed by atoms with Gasteiger partial charge in [0.1, 0.15) is 5.01 Å². The maximum absolute atomic E-state index is 4.68. The van der Waals surface area contributed by atoms with Gasteiger partial charge in [0.25, 0.3) is 0 Å². The zero-order chi connectivity index (χ0) is 19.8. The molecule has 2 N–H and O–H groups in total. The van der Waals surface area contributed by atoms with E-state index in [9.17, 15) is 0 Å². The number of rotatable bonds is 8. The minimum Gasteiger partial charge on any atom is -0.356 e. The summed E-state index contributed by atoms with van der Waals surface area (Å²) in [6.07, 6.45) is 2.39. The lowest BCUT2D eigenvalue weighted by atomic mass is 10.1. The molecule has 0 radical (unpaired) electrons. The van der Waals surface area contributed by atoms with Crippen molar-refractivity contribution in [1.29, 1.82) is 0 Å². The van der Waals surface area contributed by atoms with Gasteiger partial charge >= 0.3 is 0 Å². The molecule has 1 aliphatic heterocycles. The fourth-order valence-electron chi connectivity index (χ4n) is 3.51. The van der Waals surface area contributed by atoms with Crippen LogP contribution in [0.25, 0.3) is 0 Å². The van der Waals surface area contributed by atoms with Gasteiger partial charge < -0.3 is 15.5 Å². The Morgan fingerprint density at radius 2 is 2.07 bits per heavy atom. The van der Waals surface area contributed by atoms with Crippen LogP contribution < -0.4 is 10.6 Å². The number of halogens is 1. The second kappa shape index (κ2) is 12.5. The Bertz CT molecular complexity index is 747. The topological polar surface area (TPSA) is 52.6 Å². The van der Waals surface area contributed by atoms with Crippen LogP contribution in [0, 0.1) is 5.92 Å². The molecule has 1 aliphatic rings. The van der Waals surface area contributed by atoms with E-state index in [1.807, 2.05) is 7.05 Å². The molecule has 7 heteroatoms. The summed E-state index contributed by atoms with van der Waals surface area (Å²) in [7, 11) is 1.83. The highest BCUT2D eigenvalue weighted by molar-refractivity contribution is 14.0. The number of guanidine groups is 1. The predicted molar refractivity (Wildman–Crippen MR) is 135 cm³/mol. The first-order chi connectivity index (χ1) is 13.6. The van der Waals surface area contributed by atoms with Gasteiger partial charge in [-0.1, -0.05) is 44.2 Å². The van der Waals surface area contributed by atoms with Gasteiger partial charge in [-0.25, -0.2) is 4.98 Å². The van der Waals surface area contributed by atoms with Crippen molar-refractivity contribution < 1.29 is 0 Å². The van der Waals surface area contributed by atoms with Crippen molar-refractivity contribution >= 4 is 41.3 Å². The molecule has 1 aromatic carbocycles.